The molecule has 0 unspecified atom stereocenters. The topological polar surface area (TPSA) is 160 Å². The van der Waals surface area contributed by atoms with E-state index in [1.165, 1.54) is 4.68 Å². The van der Waals surface area contributed by atoms with Crippen molar-refractivity contribution in [1.29, 1.82) is 5.26 Å². The van der Waals surface area contributed by atoms with E-state index in [4.69, 9.17) is 26.3 Å². The Balaban J connectivity index is 1.27. The number of nitriles is 1. The zero-order valence-corrected chi connectivity index (χ0v) is 23.6. The molecule has 3 aromatic heterocycles. The number of anilines is 2. The van der Waals surface area contributed by atoms with Gasteiger partial charge in [0, 0.05) is 42.9 Å². The van der Waals surface area contributed by atoms with Gasteiger partial charge >= 0.3 is 6.09 Å². The van der Waals surface area contributed by atoms with Crippen molar-refractivity contribution in [2.75, 3.05) is 31.6 Å². The van der Waals surface area contributed by atoms with E-state index < -0.39 is 11.7 Å². The first kappa shape index (κ1) is 29.3. The standard InChI is InChI=1S/C27H30ClN9O4/c1-27(2,3)41-26(39)32-11-15-40-14-10-31-25(38)18-4-6-19(7-5-18)34-23-24-33-16-21(37(24)13-9-30-23)20-17-36(12-8-29)35-22(20)28/h4-7,9,13,16-17H,10-12,14-15H2,1-3H3,(H,30,34)(H,31,38)(H,32,39). The van der Waals surface area contributed by atoms with Gasteiger partial charge in [-0.05, 0) is 45.0 Å². The predicted molar refractivity (Wildman–Crippen MR) is 152 cm³/mol. The van der Waals surface area contributed by atoms with E-state index in [1.807, 2.05) is 10.5 Å². The van der Waals surface area contributed by atoms with Gasteiger partial charge < -0.3 is 25.4 Å². The highest BCUT2D eigenvalue weighted by molar-refractivity contribution is 6.32. The van der Waals surface area contributed by atoms with Gasteiger partial charge in [-0.25, -0.2) is 14.8 Å². The highest BCUT2D eigenvalue weighted by atomic mass is 35.5. The quantitative estimate of drug-likeness (QED) is 0.225. The van der Waals surface area contributed by atoms with Crippen molar-refractivity contribution in [3.8, 4) is 17.3 Å². The highest BCUT2D eigenvalue weighted by Crippen LogP contribution is 2.29. The van der Waals surface area contributed by atoms with Gasteiger partial charge in [-0.2, -0.15) is 10.4 Å². The third kappa shape index (κ3) is 7.93. The largest absolute Gasteiger partial charge is 0.444 e. The zero-order chi connectivity index (χ0) is 29.4. The molecule has 0 saturated carbocycles. The summed E-state index contributed by atoms with van der Waals surface area (Å²) in [6, 6.07) is 8.97. The smallest absolute Gasteiger partial charge is 0.407 e. The van der Waals surface area contributed by atoms with E-state index in [0.717, 1.165) is 0 Å². The van der Waals surface area contributed by atoms with Gasteiger partial charge in [-0.3, -0.25) is 13.9 Å². The van der Waals surface area contributed by atoms with Gasteiger partial charge in [-0.15, -0.1) is 0 Å². The number of hydrogen-bond acceptors (Lipinski definition) is 9. The number of ether oxygens (including phenoxy) is 2. The normalized spacial score (nSPS) is 11.2. The molecule has 41 heavy (non-hydrogen) atoms. The van der Waals surface area contributed by atoms with Crippen LogP contribution in [-0.2, 0) is 16.0 Å². The SMILES string of the molecule is CC(C)(C)OC(=O)NCCOCCNC(=O)c1ccc(Nc2nccn3c(-c4cn(CC#N)nc4Cl)cnc23)cc1. The molecule has 4 rings (SSSR count). The minimum absolute atomic E-state index is 0.0850. The van der Waals surface area contributed by atoms with Crippen molar-refractivity contribution in [3.05, 3.63) is 59.8 Å². The summed E-state index contributed by atoms with van der Waals surface area (Å²) in [6.45, 7) is 6.68. The lowest BCUT2D eigenvalue weighted by molar-refractivity contribution is 0.0500. The molecule has 0 aliphatic heterocycles. The molecule has 2 amide bonds. The van der Waals surface area contributed by atoms with Crippen LogP contribution in [0.15, 0.2) is 49.1 Å². The van der Waals surface area contributed by atoms with Crippen molar-refractivity contribution in [3.63, 3.8) is 0 Å². The summed E-state index contributed by atoms with van der Waals surface area (Å²) >= 11 is 6.30. The van der Waals surface area contributed by atoms with E-state index in [1.54, 1.807) is 69.8 Å². The Labute approximate surface area is 241 Å². The zero-order valence-electron chi connectivity index (χ0n) is 22.8. The average molecular weight is 580 g/mol. The number of amides is 2. The summed E-state index contributed by atoms with van der Waals surface area (Å²) in [7, 11) is 0. The van der Waals surface area contributed by atoms with Gasteiger partial charge in [0.1, 0.15) is 12.1 Å². The van der Waals surface area contributed by atoms with Crippen LogP contribution in [-0.4, -0.2) is 68.1 Å². The Kier molecular flexibility index (Phi) is 9.38. The minimum Gasteiger partial charge on any atom is -0.444 e. The second-order valence-corrected chi connectivity index (χ2v) is 10.2. The maximum Gasteiger partial charge on any atom is 0.407 e. The molecule has 0 saturated heterocycles. The highest BCUT2D eigenvalue weighted by Gasteiger charge is 2.17. The Bertz CT molecular complexity index is 1550. The van der Waals surface area contributed by atoms with Crippen LogP contribution in [0.4, 0.5) is 16.3 Å². The van der Waals surface area contributed by atoms with Gasteiger partial charge in [0.15, 0.2) is 16.6 Å². The van der Waals surface area contributed by atoms with Crippen LogP contribution in [0.2, 0.25) is 5.15 Å². The summed E-state index contributed by atoms with van der Waals surface area (Å²) in [5.74, 6) is 0.272. The molecule has 0 atom stereocenters. The van der Waals surface area contributed by atoms with E-state index in [2.05, 4.69) is 31.0 Å². The van der Waals surface area contributed by atoms with Crippen molar-refractivity contribution < 1.29 is 19.1 Å². The first-order valence-corrected chi connectivity index (χ1v) is 13.1. The van der Waals surface area contributed by atoms with E-state index in [9.17, 15) is 9.59 Å². The lowest BCUT2D eigenvalue weighted by Gasteiger charge is -2.19. The maximum absolute atomic E-state index is 12.5. The van der Waals surface area contributed by atoms with Gasteiger partial charge in [-0.1, -0.05) is 11.6 Å². The van der Waals surface area contributed by atoms with Gasteiger partial charge in [0.2, 0.25) is 0 Å². The lowest BCUT2D eigenvalue weighted by Crippen LogP contribution is -2.34. The fraction of sp³-hybridized carbons (Fsp3) is 0.333. The van der Waals surface area contributed by atoms with Crippen LogP contribution < -0.4 is 16.0 Å². The van der Waals surface area contributed by atoms with Crippen LogP contribution in [0.1, 0.15) is 31.1 Å². The molecular formula is C27H30ClN9O4. The summed E-state index contributed by atoms with van der Waals surface area (Å²) in [4.78, 5) is 33.0. The molecule has 0 fully saturated rings. The van der Waals surface area contributed by atoms with Crippen LogP contribution in [0.25, 0.3) is 16.9 Å². The van der Waals surface area contributed by atoms with Crippen LogP contribution in [0.5, 0.6) is 0 Å². The number of imidazole rings is 1. The van der Waals surface area contributed by atoms with E-state index in [0.29, 0.717) is 60.3 Å². The van der Waals surface area contributed by atoms with E-state index in [-0.39, 0.29) is 17.6 Å². The third-order valence-corrected chi connectivity index (χ3v) is 5.79. The minimum atomic E-state index is -0.556. The lowest BCUT2D eigenvalue weighted by atomic mass is 10.2. The number of benzene rings is 1. The summed E-state index contributed by atoms with van der Waals surface area (Å²) in [5, 5.41) is 22.0. The molecule has 4 aromatic rings. The number of fused-ring (bicyclic) bond motifs is 1. The van der Waals surface area contributed by atoms with Crippen molar-refractivity contribution in [2.45, 2.75) is 32.9 Å². The number of alkyl carbamates (subject to hydrolysis) is 1. The molecule has 3 heterocycles. The molecule has 0 bridgehead atoms. The third-order valence-electron chi connectivity index (χ3n) is 5.51. The molecule has 0 spiro atoms. The Morgan fingerprint density at radius 2 is 1.83 bits per heavy atom. The molecular weight excluding hydrogens is 550 g/mol. The van der Waals surface area contributed by atoms with Crippen molar-refractivity contribution in [2.24, 2.45) is 0 Å². The molecule has 13 nitrogen and oxygen atoms in total. The first-order chi connectivity index (χ1) is 19.6. The molecule has 3 N–H and O–H groups in total. The molecule has 0 aliphatic carbocycles. The van der Waals surface area contributed by atoms with Crippen molar-refractivity contribution >= 4 is 40.8 Å². The molecule has 0 radical (unpaired) electrons. The predicted octanol–water partition coefficient (Wildman–Crippen LogP) is 3.78. The Morgan fingerprint density at radius 3 is 2.54 bits per heavy atom. The number of rotatable bonds is 11. The summed E-state index contributed by atoms with van der Waals surface area (Å²) in [6.07, 6.45) is 6.25. The number of nitrogens with zero attached hydrogens (tertiary/aromatic N) is 6. The number of carbonyl (C=O) groups is 2. The van der Waals surface area contributed by atoms with Crippen molar-refractivity contribution in [1.82, 2.24) is 34.8 Å². The molecule has 0 aliphatic rings. The first-order valence-electron chi connectivity index (χ1n) is 12.8. The summed E-state index contributed by atoms with van der Waals surface area (Å²) < 4.78 is 13.9. The van der Waals surface area contributed by atoms with Gasteiger partial charge in [0.05, 0.1) is 36.7 Å². The number of nitrogens with one attached hydrogen (secondary N) is 3. The Morgan fingerprint density at radius 1 is 1.10 bits per heavy atom. The second-order valence-electron chi connectivity index (χ2n) is 9.80. The fourth-order valence-electron chi connectivity index (χ4n) is 3.75. The van der Waals surface area contributed by atoms with E-state index >= 15 is 0 Å². The fourth-order valence-corrected chi connectivity index (χ4v) is 3.99. The van der Waals surface area contributed by atoms with Gasteiger partial charge in [0.25, 0.3) is 5.91 Å². The Hall–Kier alpha value is -4.67. The second kappa shape index (κ2) is 13.1. The number of halogens is 1. The van der Waals surface area contributed by atoms with Crippen LogP contribution >= 0.6 is 11.6 Å². The molecule has 1 aromatic carbocycles. The monoisotopic (exact) mass is 579 g/mol. The number of carbonyl (C=O) groups excluding carboxylic acids is 2. The molecule has 14 heteroatoms. The maximum atomic E-state index is 12.5. The number of aromatic nitrogens is 5. The molecule has 214 valence electrons. The average Bonchev–Trinajstić information content (AvgIpc) is 3.51. The summed E-state index contributed by atoms with van der Waals surface area (Å²) in [5.41, 5.74) is 2.56. The van der Waals surface area contributed by atoms with Crippen LogP contribution in [0.3, 0.4) is 0 Å². The number of hydrogen-bond donors (Lipinski definition) is 3. The van der Waals surface area contributed by atoms with Crippen LogP contribution in [0, 0.1) is 11.3 Å².